The Morgan fingerprint density at radius 1 is 1.27 bits per heavy atom. The van der Waals surface area contributed by atoms with Gasteiger partial charge in [0, 0.05) is 38.8 Å². The third kappa shape index (κ3) is 7.05. The number of nitrogens with one attached hydrogen (secondary N) is 2. The maximum atomic E-state index is 12.2. The molecule has 0 aliphatic heterocycles. The van der Waals surface area contributed by atoms with Gasteiger partial charge in [0.1, 0.15) is 12.4 Å². The highest BCUT2D eigenvalue weighted by Crippen LogP contribution is 2.17. The van der Waals surface area contributed by atoms with Crippen LogP contribution < -0.4 is 15.4 Å². The Labute approximate surface area is 157 Å². The summed E-state index contributed by atoms with van der Waals surface area (Å²) in [5.74, 6) is 1.34. The highest BCUT2D eigenvalue weighted by Gasteiger charge is 2.18. The molecule has 8 heteroatoms. The summed E-state index contributed by atoms with van der Waals surface area (Å²) in [5, 5.41) is 6.21. The number of rotatable bonds is 11. The highest BCUT2D eigenvalue weighted by molar-refractivity contribution is 7.89. The lowest BCUT2D eigenvalue weighted by Crippen LogP contribution is -2.41. The second-order valence-electron chi connectivity index (χ2n) is 5.46. The van der Waals surface area contributed by atoms with Crippen LogP contribution in [0.2, 0.25) is 0 Å². The standard InChI is InChI=1S/C18H30N4O3S/c1-5-13-25-17-11-9-8-10-16(17)15-21-18(19-4)20-12-14-26(23,24)22(6-2)7-3/h5,8-11H,1,6-7,12-15H2,2-4H3,(H2,19,20,21). The van der Waals surface area contributed by atoms with E-state index in [1.807, 2.05) is 38.1 Å². The molecule has 0 amide bonds. The fourth-order valence-electron chi connectivity index (χ4n) is 2.38. The quantitative estimate of drug-likeness (QED) is 0.345. The summed E-state index contributed by atoms with van der Waals surface area (Å²) in [4.78, 5) is 4.13. The average Bonchev–Trinajstić information content (AvgIpc) is 2.64. The first-order chi connectivity index (χ1) is 12.5. The van der Waals surface area contributed by atoms with E-state index in [0.29, 0.717) is 32.2 Å². The highest BCUT2D eigenvalue weighted by atomic mass is 32.2. The fourth-order valence-corrected chi connectivity index (χ4v) is 3.79. The van der Waals surface area contributed by atoms with Gasteiger partial charge in [-0.3, -0.25) is 4.99 Å². The van der Waals surface area contributed by atoms with E-state index in [4.69, 9.17) is 4.74 Å². The molecule has 0 saturated carbocycles. The van der Waals surface area contributed by atoms with Crippen LogP contribution in [0.25, 0.3) is 0 Å². The first kappa shape index (κ1) is 22.0. The second kappa shape index (κ2) is 11.5. The van der Waals surface area contributed by atoms with Crippen molar-refractivity contribution in [3.63, 3.8) is 0 Å². The van der Waals surface area contributed by atoms with E-state index in [-0.39, 0.29) is 12.3 Å². The van der Waals surface area contributed by atoms with E-state index >= 15 is 0 Å². The van der Waals surface area contributed by atoms with Crippen molar-refractivity contribution in [3.05, 3.63) is 42.5 Å². The fraction of sp³-hybridized carbons (Fsp3) is 0.500. The number of benzene rings is 1. The largest absolute Gasteiger partial charge is 0.489 e. The number of guanidine groups is 1. The Hall–Kier alpha value is -2.06. The van der Waals surface area contributed by atoms with Gasteiger partial charge >= 0.3 is 0 Å². The summed E-state index contributed by atoms with van der Waals surface area (Å²) >= 11 is 0. The summed E-state index contributed by atoms with van der Waals surface area (Å²) in [6, 6.07) is 7.70. The van der Waals surface area contributed by atoms with Crippen LogP contribution in [0.4, 0.5) is 0 Å². The van der Waals surface area contributed by atoms with Crippen LogP contribution in [-0.2, 0) is 16.6 Å². The van der Waals surface area contributed by atoms with Crippen LogP contribution in [0.1, 0.15) is 19.4 Å². The van der Waals surface area contributed by atoms with Gasteiger partial charge in [-0.1, -0.05) is 44.7 Å². The molecule has 0 saturated heterocycles. The molecule has 1 rings (SSSR count). The minimum absolute atomic E-state index is 0.0222. The molecule has 0 unspecified atom stereocenters. The number of aliphatic imine (C=N–C) groups is 1. The van der Waals surface area contributed by atoms with E-state index in [2.05, 4.69) is 22.2 Å². The molecule has 0 bridgehead atoms. The molecule has 26 heavy (non-hydrogen) atoms. The van der Waals surface area contributed by atoms with Gasteiger partial charge in [0.2, 0.25) is 10.0 Å². The summed E-state index contributed by atoms with van der Waals surface area (Å²) in [5.41, 5.74) is 0.980. The van der Waals surface area contributed by atoms with Crippen molar-refractivity contribution in [2.45, 2.75) is 20.4 Å². The van der Waals surface area contributed by atoms with Crippen molar-refractivity contribution in [2.75, 3.05) is 39.0 Å². The maximum absolute atomic E-state index is 12.2. The van der Waals surface area contributed by atoms with E-state index in [0.717, 1.165) is 11.3 Å². The van der Waals surface area contributed by atoms with Gasteiger partial charge in [0.25, 0.3) is 0 Å². The molecule has 0 atom stereocenters. The van der Waals surface area contributed by atoms with Gasteiger partial charge in [0.15, 0.2) is 5.96 Å². The van der Waals surface area contributed by atoms with Gasteiger partial charge in [-0.05, 0) is 6.07 Å². The van der Waals surface area contributed by atoms with Crippen molar-refractivity contribution in [3.8, 4) is 5.75 Å². The molecule has 7 nitrogen and oxygen atoms in total. The topological polar surface area (TPSA) is 83.0 Å². The first-order valence-corrected chi connectivity index (χ1v) is 10.3. The molecular weight excluding hydrogens is 352 g/mol. The molecule has 1 aromatic rings. The van der Waals surface area contributed by atoms with Crippen LogP contribution in [0, 0.1) is 0 Å². The van der Waals surface area contributed by atoms with E-state index in [9.17, 15) is 8.42 Å². The predicted molar refractivity (Wildman–Crippen MR) is 107 cm³/mol. The van der Waals surface area contributed by atoms with Crippen LogP contribution in [0.15, 0.2) is 41.9 Å². The minimum Gasteiger partial charge on any atom is -0.489 e. The van der Waals surface area contributed by atoms with Crippen molar-refractivity contribution in [2.24, 2.45) is 4.99 Å². The second-order valence-corrected chi connectivity index (χ2v) is 7.55. The number of nitrogens with zero attached hydrogens (tertiary/aromatic N) is 2. The van der Waals surface area contributed by atoms with Crippen LogP contribution >= 0.6 is 0 Å². The maximum Gasteiger partial charge on any atom is 0.215 e. The summed E-state index contributed by atoms with van der Waals surface area (Å²) in [6.07, 6.45) is 1.70. The van der Waals surface area contributed by atoms with Gasteiger partial charge in [-0.2, -0.15) is 0 Å². The Balaban J connectivity index is 2.55. The van der Waals surface area contributed by atoms with Crippen LogP contribution in [0.5, 0.6) is 5.75 Å². The molecule has 0 fully saturated rings. The molecule has 2 N–H and O–H groups in total. The summed E-state index contributed by atoms with van der Waals surface area (Å²) in [7, 11) is -1.60. The Kier molecular flexibility index (Phi) is 9.75. The Morgan fingerprint density at radius 3 is 2.58 bits per heavy atom. The smallest absolute Gasteiger partial charge is 0.215 e. The molecule has 1 aromatic carbocycles. The lowest BCUT2D eigenvalue weighted by Gasteiger charge is -2.19. The van der Waals surface area contributed by atoms with Crippen LogP contribution in [-0.4, -0.2) is 57.7 Å². The summed E-state index contributed by atoms with van der Waals surface area (Å²) in [6.45, 7) is 9.51. The zero-order valence-electron chi connectivity index (χ0n) is 15.9. The number of para-hydroxylation sites is 1. The SMILES string of the molecule is C=CCOc1ccccc1CNC(=NC)NCCS(=O)(=O)N(CC)CC. The molecule has 0 heterocycles. The van der Waals surface area contributed by atoms with Crippen molar-refractivity contribution in [1.82, 2.24) is 14.9 Å². The number of hydrogen-bond acceptors (Lipinski definition) is 4. The lowest BCUT2D eigenvalue weighted by molar-refractivity contribution is 0.358. The monoisotopic (exact) mass is 382 g/mol. The van der Waals surface area contributed by atoms with Crippen molar-refractivity contribution >= 4 is 16.0 Å². The number of ether oxygens (including phenoxy) is 1. The van der Waals surface area contributed by atoms with Crippen molar-refractivity contribution in [1.29, 1.82) is 0 Å². The third-order valence-electron chi connectivity index (χ3n) is 3.75. The van der Waals surface area contributed by atoms with E-state index in [1.54, 1.807) is 13.1 Å². The molecule has 0 radical (unpaired) electrons. The van der Waals surface area contributed by atoms with Gasteiger partial charge < -0.3 is 15.4 Å². The first-order valence-electron chi connectivity index (χ1n) is 8.72. The van der Waals surface area contributed by atoms with E-state index < -0.39 is 10.0 Å². The van der Waals surface area contributed by atoms with Gasteiger partial charge in [-0.25, -0.2) is 12.7 Å². The average molecular weight is 383 g/mol. The molecule has 0 spiro atoms. The molecule has 146 valence electrons. The van der Waals surface area contributed by atoms with Gasteiger partial charge in [0.05, 0.1) is 5.75 Å². The van der Waals surface area contributed by atoms with Crippen molar-refractivity contribution < 1.29 is 13.2 Å². The number of sulfonamides is 1. The Bertz CT molecular complexity index is 685. The molecule has 0 aliphatic carbocycles. The zero-order valence-corrected chi connectivity index (χ0v) is 16.7. The van der Waals surface area contributed by atoms with Gasteiger partial charge in [-0.15, -0.1) is 0 Å². The minimum atomic E-state index is -3.25. The van der Waals surface area contributed by atoms with E-state index in [1.165, 1.54) is 4.31 Å². The molecular formula is C18H30N4O3S. The predicted octanol–water partition coefficient (Wildman–Crippen LogP) is 1.59. The normalized spacial score (nSPS) is 12.1. The molecule has 0 aromatic heterocycles. The third-order valence-corrected chi connectivity index (χ3v) is 5.77. The molecule has 0 aliphatic rings. The zero-order chi connectivity index (χ0) is 19.4. The lowest BCUT2D eigenvalue weighted by atomic mass is 10.2. The number of hydrogen-bond donors (Lipinski definition) is 2. The Morgan fingerprint density at radius 2 is 1.96 bits per heavy atom. The summed E-state index contributed by atoms with van der Waals surface area (Å²) < 4.78 is 31.5. The van der Waals surface area contributed by atoms with Crippen LogP contribution in [0.3, 0.4) is 0 Å².